The predicted molar refractivity (Wildman–Crippen MR) is 75.9 cm³/mol. The molecule has 0 aromatic heterocycles. The van der Waals surface area contributed by atoms with Crippen molar-refractivity contribution in [3.8, 4) is 0 Å². The fourth-order valence-corrected chi connectivity index (χ4v) is 2.33. The van der Waals surface area contributed by atoms with Crippen LogP contribution in [0.2, 0.25) is 0 Å². The molecule has 21 heavy (non-hydrogen) atoms. The second kappa shape index (κ2) is 6.25. The number of anilines is 1. The molecule has 7 nitrogen and oxygen atoms in total. The highest BCUT2D eigenvalue weighted by atomic mass is 16.4. The Balaban J connectivity index is 2.02. The van der Waals surface area contributed by atoms with E-state index < -0.39 is 11.9 Å². The van der Waals surface area contributed by atoms with Gasteiger partial charge in [0.15, 0.2) is 0 Å². The van der Waals surface area contributed by atoms with Gasteiger partial charge in [-0.3, -0.25) is 4.79 Å². The zero-order chi connectivity index (χ0) is 15.4. The Morgan fingerprint density at radius 2 is 2.10 bits per heavy atom. The van der Waals surface area contributed by atoms with Crippen LogP contribution in [-0.4, -0.2) is 41.0 Å². The summed E-state index contributed by atoms with van der Waals surface area (Å²) in [5.74, 6) is -1.78. The van der Waals surface area contributed by atoms with E-state index in [0.717, 1.165) is 6.42 Å². The molecule has 4 N–H and O–H groups in total. The van der Waals surface area contributed by atoms with Gasteiger partial charge in [-0.25, -0.2) is 9.59 Å². The van der Waals surface area contributed by atoms with Gasteiger partial charge in [0.1, 0.15) is 0 Å². The molecule has 1 aromatic rings. The van der Waals surface area contributed by atoms with E-state index in [1.54, 1.807) is 12.1 Å². The van der Waals surface area contributed by atoms with Crippen LogP contribution in [-0.2, 0) is 4.79 Å². The van der Waals surface area contributed by atoms with E-state index in [2.05, 4.69) is 5.32 Å². The number of carboxylic acids is 1. The first-order valence-corrected chi connectivity index (χ1v) is 6.66. The summed E-state index contributed by atoms with van der Waals surface area (Å²) < 4.78 is 0. The van der Waals surface area contributed by atoms with Crippen LogP contribution in [0.15, 0.2) is 24.3 Å². The Bertz CT molecular complexity index is 573. The van der Waals surface area contributed by atoms with Crippen molar-refractivity contribution >= 4 is 23.6 Å². The minimum absolute atomic E-state index is 0.0986. The van der Waals surface area contributed by atoms with Crippen molar-refractivity contribution in [2.24, 2.45) is 11.7 Å². The molecule has 1 saturated heterocycles. The lowest BCUT2D eigenvalue weighted by atomic mass is 9.98. The largest absolute Gasteiger partial charge is 0.478 e. The highest BCUT2D eigenvalue weighted by Crippen LogP contribution is 2.18. The number of amides is 3. The third-order valence-electron chi connectivity index (χ3n) is 3.47. The van der Waals surface area contributed by atoms with Gasteiger partial charge in [-0.1, -0.05) is 6.07 Å². The highest BCUT2D eigenvalue weighted by molar-refractivity contribution is 5.93. The molecule has 0 spiro atoms. The summed E-state index contributed by atoms with van der Waals surface area (Å²) in [5.41, 5.74) is 5.78. The van der Waals surface area contributed by atoms with Crippen LogP contribution < -0.4 is 11.1 Å². The highest BCUT2D eigenvalue weighted by Gasteiger charge is 2.26. The maximum atomic E-state index is 12.1. The number of likely N-dealkylation sites (tertiary alicyclic amines) is 1. The van der Waals surface area contributed by atoms with Gasteiger partial charge in [-0.05, 0) is 31.0 Å². The molecule has 2 rings (SSSR count). The Hall–Kier alpha value is -2.57. The maximum Gasteiger partial charge on any atom is 0.335 e. The summed E-state index contributed by atoms with van der Waals surface area (Å²) in [6.07, 6.45) is 1.41. The minimum atomic E-state index is -1.06. The lowest BCUT2D eigenvalue weighted by Gasteiger charge is -2.31. The summed E-state index contributed by atoms with van der Waals surface area (Å²) in [7, 11) is 0. The Labute approximate surface area is 121 Å². The number of urea groups is 1. The molecule has 1 heterocycles. The van der Waals surface area contributed by atoms with Gasteiger partial charge in [-0.2, -0.15) is 0 Å². The molecule has 1 fully saturated rings. The molecule has 0 saturated carbocycles. The standard InChI is InChI=1S/C14H17N3O4/c15-12(18)10-4-2-6-17(8-10)14(21)16-11-5-1-3-9(7-11)13(19)20/h1,3,5,7,10H,2,4,6,8H2,(H2,15,18)(H,16,21)(H,19,20). The summed E-state index contributed by atoms with van der Waals surface area (Å²) in [4.78, 5) is 35.7. The number of rotatable bonds is 3. The average Bonchev–Trinajstić information content (AvgIpc) is 2.47. The van der Waals surface area contributed by atoms with Gasteiger partial charge in [-0.15, -0.1) is 0 Å². The van der Waals surface area contributed by atoms with E-state index in [-0.39, 0.29) is 17.5 Å². The van der Waals surface area contributed by atoms with Crippen LogP contribution >= 0.6 is 0 Å². The molecule has 112 valence electrons. The van der Waals surface area contributed by atoms with Crippen molar-refractivity contribution in [2.45, 2.75) is 12.8 Å². The van der Waals surface area contributed by atoms with Gasteiger partial charge in [0.05, 0.1) is 11.5 Å². The third kappa shape index (κ3) is 3.71. The Morgan fingerprint density at radius 3 is 2.76 bits per heavy atom. The predicted octanol–water partition coefficient (Wildman–Crippen LogP) is 1.11. The van der Waals surface area contributed by atoms with E-state index in [9.17, 15) is 14.4 Å². The minimum Gasteiger partial charge on any atom is -0.478 e. The van der Waals surface area contributed by atoms with Crippen LogP contribution in [0.4, 0.5) is 10.5 Å². The van der Waals surface area contributed by atoms with E-state index in [1.807, 2.05) is 0 Å². The van der Waals surface area contributed by atoms with E-state index >= 15 is 0 Å². The number of piperidine rings is 1. The monoisotopic (exact) mass is 291 g/mol. The Morgan fingerprint density at radius 1 is 1.33 bits per heavy atom. The average molecular weight is 291 g/mol. The number of nitrogens with one attached hydrogen (secondary N) is 1. The number of nitrogens with zero attached hydrogens (tertiary/aromatic N) is 1. The molecule has 0 bridgehead atoms. The maximum absolute atomic E-state index is 12.1. The van der Waals surface area contributed by atoms with Gasteiger partial charge in [0.25, 0.3) is 0 Å². The lowest BCUT2D eigenvalue weighted by Crippen LogP contribution is -2.45. The number of carbonyl (C=O) groups is 3. The molecule has 1 aliphatic heterocycles. The van der Waals surface area contributed by atoms with Gasteiger partial charge in [0, 0.05) is 18.8 Å². The van der Waals surface area contributed by atoms with Crippen molar-refractivity contribution in [3.63, 3.8) is 0 Å². The number of benzene rings is 1. The smallest absolute Gasteiger partial charge is 0.335 e. The number of hydrogen-bond acceptors (Lipinski definition) is 3. The molecule has 1 unspecified atom stereocenters. The Kier molecular flexibility index (Phi) is 4.42. The van der Waals surface area contributed by atoms with Crippen molar-refractivity contribution in [3.05, 3.63) is 29.8 Å². The number of primary amides is 1. The molecular formula is C14H17N3O4. The van der Waals surface area contributed by atoms with Crippen LogP contribution in [0.1, 0.15) is 23.2 Å². The quantitative estimate of drug-likeness (QED) is 0.774. The fraction of sp³-hybridized carbons (Fsp3) is 0.357. The molecule has 3 amide bonds. The first-order chi connectivity index (χ1) is 9.97. The second-order valence-corrected chi connectivity index (χ2v) is 5.00. The van der Waals surface area contributed by atoms with Crippen LogP contribution in [0.3, 0.4) is 0 Å². The summed E-state index contributed by atoms with van der Waals surface area (Å²) >= 11 is 0. The molecule has 0 radical (unpaired) electrons. The summed E-state index contributed by atoms with van der Waals surface area (Å²) in [5, 5.41) is 11.6. The number of carbonyl (C=O) groups excluding carboxylic acids is 2. The van der Waals surface area contributed by atoms with E-state index in [1.165, 1.54) is 17.0 Å². The van der Waals surface area contributed by atoms with Gasteiger partial charge in [0.2, 0.25) is 5.91 Å². The lowest BCUT2D eigenvalue weighted by molar-refractivity contribution is -0.123. The fourth-order valence-electron chi connectivity index (χ4n) is 2.33. The molecular weight excluding hydrogens is 274 g/mol. The van der Waals surface area contributed by atoms with Crippen LogP contribution in [0, 0.1) is 5.92 Å². The molecule has 1 aromatic carbocycles. The van der Waals surface area contributed by atoms with Crippen molar-refractivity contribution in [1.82, 2.24) is 4.90 Å². The van der Waals surface area contributed by atoms with Crippen LogP contribution in [0.25, 0.3) is 0 Å². The first kappa shape index (κ1) is 14.8. The molecule has 7 heteroatoms. The molecule has 1 aliphatic rings. The second-order valence-electron chi connectivity index (χ2n) is 5.00. The number of hydrogen-bond donors (Lipinski definition) is 3. The van der Waals surface area contributed by atoms with Gasteiger partial charge < -0.3 is 21.1 Å². The topological polar surface area (TPSA) is 113 Å². The third-order valence-corrected chi connectivity index (χ3v) is 3.47. The van der Waals surface area contributed by atoms with Gasteiger partial charge >= 0.3 is 12.0 Å². The van der Waals surface area contributed by atoms with Crippen molar-refractivity contribution in [2.75, 3.05) is 18.4 Å². The van der Waals surface area contributed by atoms with Crippen LogP contribution in [0.5, 0.6) is 0 Å². The van der Waals surface area contributed by atoms with E-state index in [4.69, 9.17) is 10.8 Å². The SMILES string of the molecule is NC(=O)C1CCCN(C(=O)Nc2cccc(C(=O)O)c2)C1. The molecule has 1 atom stereocenters. The first-order valence-electron chi connectivity index (χ1n) is 6.66. The zero-order valence-corrected chi connectivity index (χ0v) is 11.4. The number of carboxylic acid groups (broad SMARTS) is 1. The number of aromatic carboxylic acids is 1. The van der Waals surface area contributed by atoms with E-state index in [0.29, 0.717) is 25.2 Å². The normalized spacial score (nSPS) is 18.1. The summed E-state index contributed by atoms with van der Waals surface area (Å²) in [6, 6.07) is 5.64. The zero-order valence-electron chi connectivity index (χ0n) is 11.4. The number of nitrogens with two attached hydrogens (primary N) is 1. The van der Waals surface area contributed by atoms with Crippen molar-refractivity contribution in [1.29, 1.82) is 0 Å². The molecule has 0 aliphatic carbocycles. The summed E-state index contributed by atoms with van der Waals surface area (Å²) in [6.45, 7) is 0.841. The van der Waals surface area contributed by atoms with Crippen molar-refractivity contribution < 1.29 is 19.5 Å².